The Hall–Kier alpha value is -2.88. The molecule has 4 rings (SSSR count). The zero-order valence-corrected chi connectivity index (χ0v) is 14.0. The van der Waals surface area contributed by atoms with Gasteiger partial charge in [-0.15, -0.1) is 0 Å². The van der Waals surface area contributed by atoms with Crippen LogP contribution in [-0.2, 0) is 4.79 Å². The van der Waals surface area contributed by atoms with Gasteiger partial charge in [-0.2, -0.15) is 0 Å². The van der Waals surface area contributed by atoms with Crippen molar-refractivity contribution in [3.63, 3.8) is 0 Å². The van der Waals surface area contributed by atoms with Crippen molar-refractivity contribution in [2.75, 3.05) is 5.32 Å². The first-order chi connectivity index (χ1) is 11.5. The highest BCUT2D eigenvalue weighted by molar-refractivity contribution is 6.34. The van der Waals surface area contributed by atoms with E-state index < -0.39 is 0 Å². The quantitative estimate of drug-likeness (QED) is 0.711. The van der Waals surface area contributed by atoms with Crippen molar-refractivity contribution in [2.24, 2.45) is 0 Å². The Labute approximate surface area is 140 Å². The van der Waals surface area contributed by atoms with E-state index in [1.807, 2.05) is 49.4 Å². The number of carbonyl (C=O) groups is 1. The van der Waals surface area contributed by atoms with Gasteiger partial charge < -0.3 is 9.88 Å². The summed E-state index contributed by atoms with van der Waals surface area (Å²) in [5.41, 5.74) is 5.65. The Balaban J connectivity index is 1.94. The van der Waals surface area contributed by atoms with Crippen LogP contribution >= 0.6 is 0 Å². The number of rotatable bonds is 2. The van der Waals surface area contributed by atoms with Crippen molar-refractivity contribution in [3.05, 3.63) is 59.4 Å². The van der Waals surface area contributed by atoms with Gasteiger partial charge in [0.05, 0.1) is 16.6 Å². The molecule has 4 nitrogen and oxygen atoms in total. The minimum atomic E-state index is -0.0713. The number of fused-ring (bicyclic) bond motifs is 2. The second kappa shape index (κ2) is 5.34. The third-order valence-electron chi connectivity index (χ3n) is 4.37. The predicted molar refractivity (Wildman–Crippen MR) is 97.8 cm³/mol. The zero-order valence-electron chi connectivity index (χ0n) is 14.0. The minimum absolute atomic E-state index is 0.0713. The first-order valence-corrected chi connectivity index (χ1v) is 8.15. The van der Waals surface area contributed by atoms with Crippen LogP contribution in [0.1, 0.15) is 36.8 Å². The lowest BCUT2D eigenvalue weighted by atomic mass is 10.0. The third-order valence-corrected chi connectivity index (χ3v) is 4.37. The van der Waals surface area contributed by atoms with E-state index in [9.17, 15) is 4.79 Å². The Kier molecular flexibility index (Phi) is 3.27. The van der Waals surface area contributed by atoms with Crippen LogP contribution in [-0.4, -0.2) is 15.5 Å². The molecule has 0 bridgehead atoms. The van der Waals surface area contributed by atoms with Gasteiger partial charge in [0.25, 0.3) is 5.91 Å². The van der Waals surface area contributed by atoms with Crippen molar-refractivity contribution in [1.29, 1.82) is 0 Å². The topological polar surface area (TPSA) is 46.9 Å². The molecule has 1 aromatic heterocycles. The number of nitrogens with one attached hydrogen (secondary N) is 1. The zero-order chi connectivity index (χ0) is 16.8. The number of aromatic nitrogens is 2. The average molecular weight is 317 g/mol. The van der Waals surface area contributed by atoms with Crippen molar-refractivity contribution in [1.82, 2.24) is 9.55 Å². The van der Waals surface area contributed by atoms with Crippen molar-refractivity contribution in [3.8, 4) is 0 Å². The predicted octanol–water partition coefficient (Wildman–Crippen LogP) is 4.42. The number of aryl methyl sites for hydroxylation is 1. The number of amides is 1. The fourth-order valence-electron chi connectivity index (χ4n) is 3.28. The van der Waals surface area contributed by atoms with Crippen LogP contribution in [0.25, 0.3) is 22.7 Å². The molecule has 1 amide bonds. The number of imidazole rings is 1. The van der Waals surface area contributed by atoms with E-state index in [2.05, 4.69) is 29.8 Å². The first-order valence-electron chi connectivity index (χ1n) is 8.15. The van der Waals surface area contributed by atoms with E-state index in [0.717, 1.165) is 33.7 Å². The molecule has 0 saturated carbocycles. The number of hydrogen-bond donors (Lipinski definition) is 1. The number of hydrogen-bond acceptors (Lipinski definition) is 2. The van der Waals surface area contributed by atoms with Gasteiger partial charge in [-0.3, -0.25) is 4.79 Å². The molecule has 0 atom stereocenters. The Bertz CT molecular complexity index is 995. The molecule has 0 fully saturated rings. The van der Waals surface area contributed by atoms with E-state index >= 15 is 0 Å². The average Bonchev–Trinajstić information content (AvgIpc) is 3.06. The van der Waals surface area contributed by atoms with Crippen molar-refractivity contribution < 1.29 is 4.79 Å². The van der Waals surface area contributed by atoms with Gasteiger partial charge in [0.1, 0.15) is 5.82 Å². The lowest BCUT2D eigenvalue weighted by molar-refractivity contribution is -0.110. The van der Waals surface area contributed by atoms with Gasteiger partial charge in [-0.25, -0.2) is 4.98 Å². The minimum Gasteiger partial charge on any atom is -0.322 e. The maximum absolute atomic E-state index is 12.4. The van der Waals surface area contributed by atoms with Crippen molar-refractivity contribution in [2.45, 2.75) is 26.8 Å². The van der Waals surface area contributed by atoms with E-state index in [4.69, 9.17) is 4.98 Å². The Morgan fingerprint density at radius 1 is 1.17 bits per heavy atom. The third kappa shape index (κ3) is 2.22. The molecule has 4 heteroatoms. The molecule has 1 N–H and O–H groups in total. The molecule has 0 radical (unpaired) electrons. The number of anilines is 1. The normalized spacial score (nSPS) is 15.3. The summed E-state index contributed by atoms with van der Waals surface area (Å²) in [7, 11) is 0. The highest BCUT2D eigenvalue weighted by atomic mass is 16.2. The molecule has 24 heavy (non-hydrogen) atoms. The lowest BCUT2D eigenvalue weighted by Crippen LogP contribution is -2.06. The van der Waals surface area contributed by atoms with Crippen LogP contribution < -0.4 is 5.32 Å². The molecule has 0 unspecified atom stereocenters. The first kappa shape index (κ1) is 14.7. The molecule has 0 aliphatic carbocycles. The molecule has 1 aliphatic heterocycles. The monoisotopic (exact) mass is 317 g/mol. The van der Waals surface area contributed by atoms with Gasteiger partial charge in [-0.05, 0) is 51.1 Å². The molecule has 0 saturated heterocycles. The highest BCUT2D eigenvalue weighted by Crippen LogP contribution is 2.34. The molecule has 0 spiro atoms. The standard InChI is InChI=1S/C20H19N3O/c1-12(2)23-18-7-5-4-6-17(18)21-19(23)11-15-14-10-13(3)8-9-16(14)22-20(15)24/h4-12H,1-3H3,(H,22,24)/b15-11+. The van der Waals surface area contributed by atoms with E-state index in [1.165, 1.54) is 0 Å². The second-order valence-corrected chi connectivity index (χ2v) is 6.48. The summed E-state index contributed by atoms with van der Waals surface area (Å²) in [6.07, 6.45) is 1.90. The molecular weight excluding hydrogens is 298 g/mol. The Morgan fingerprint density at radius 2 is 1.96 bits per heavy atom. The summed E-state index contributed by atoms with van der Waals surface area (Å²) in [6, 6.07) is 14.3. The molecule has 2 aromatic carbocycles. The number of nitrogens with zero attached hydrogens (tertiary/aromatic N) is 2. The molecular formula is C20H19N3O. The lowest BCUT2D eigenvalue weighted by Gasteiger charge is -2.11. The van der Waals surface area contributed by atoms with E-state index in [0.29, 0.717) is 5.57 Å². The van der Waals surface area contributed by atoms with Gasteiger partial charge in [0.2, 0.25) is 0 Å². The van der Waals surface area contributed by atoms with E-state index in [-0.39, 0.29) is 11.9 Å². The molecule has 3 aromatic rings. The second-order valence-electron chi connectivity index (χ2n) is 6.48. The number of para-hydroxylation sites is 2. The van der Waals surface area contributed by atoms with Gasteiger partial charge in [-0.1, -0.05) is 23.8 Å². The van der Waals surface area contributed by atoms with Crippen LogP contribution in [0.5, 0.6) is 0 Å². The maximum Gasteiger partial charge on any atom is 0.256 e. The van der Waals surface area contributed by atoms with Gasteiger partial charge in [0.15, 0.2) is 0 Å². The molecule has 1 aliphatic rings. The van der Waals surface area contributed by atoms with Gasteiger partial charge >= 0.3 is 0 Å². The summed E-state index contributed by atoms with van der Waals surface area (Å²) in [6.45, 7) is 6.29. The molecule has 120 valence electrons. The van der Waals surface area contributed by atoms with Crippen molar-refractivity contribution >= 4 is 34.3 Å². The van der Waals surface area contributed by atoms with E-state index in [1.54, 1.807) is 0 Å². The maximum atomic E-state index is 12.4. The summed E-state index contributed by atoms with van der Waals surface area (Å²) in [5, 5.41) is 2.93. The van der Waals surface area contributed by atoms with Crippen LogP contribution in [0.2, 0.25) is 0 Å². The van der Waals surface area contributed by atoms with Crippen LogP contribution in [0.3, 0.4) is 0 Å². The summed E-state index contributed by atoms with van der Waals surface area (Å²) in [5.74, 6) is 0.740. The van der Waals surface area contributed by atoms with Crippen LogP contribution in [0, 0.1) is 6.92 Å². The highest BCUT2D eigenvalue weighted by Gasteiger charge is 2.25. The number of benzene rings is 2. The molecule has 2 heterocycles. The fraction of sp³-hybridized carbons (Fsp3) is 0.200. The SMILES string of the molecule is Cc1ccc2c(c1)/C(=C\c1nc3ccccc3n1C(C)C)C(=O)N2. The van der Waals surface area contributed by atoms with Gasteiger partial charge in [0, 0.05) is 17.3 Å². The largest absolute Gasteiger partial charge is 0.322 e. The summed E-state index contributed by atoms with van der Waals surface area (Å²) in [4.78, 5) is 17.2. The van der Waals surface area contributed by atoms with Crippen LogP contribution in [0.4, 0.5) is 5.69 Å². The van der Waals surface area contributed by atoms with Crippen LogP contribution in [0.15, 0.2) is 42.5 Å². The Morgan fingerprint density at radius 3 is 2.75 bits per heavy atom. The summed E-state index contributed by atoms with van der Waals surface area (Å²) < 4.78 is 2.17. The number of carbonyl (C=O) groups excluding carboxylic acids is 1. The fourth-order valence-corrected chi connectivity index (χ4v) is 3.28. The summed E-state index contributed by atoms with van der Waals surface area (Å²) >= 11 is 0. The smallest absolute Gasteiger partial charge is 0.256 e.